The molecule has 4 atom stereocenters. The Hall–Kier alpha value is -3.03. The zero-order valence-electron chi connectivity index (χ0n) is 19.2. The van der Waals surface area contributed by atoms with Gasteiger partial charge in [-0.15, -0.1) is 0 Å². The summed E-state index contributed by atoms with van der Waals surface area (Å²) >= 11 is 0. The second-order valence-corrected chi connectivity index (χ2v) is 9.08. The van der Waals surface area contributed by atoms with Crippen molar-refractivity contribution in [1.82, 2.24) is 0 Å². The first kappa shape index (κ1) is 22.7. The van der Waals surface area contributed by atoms with Crippen LogP contribution < -0.4 is 0 Å². The van der Waals surface area contributed by atoms with Crippen LogP contribution >= 0.6 is 0 Å². The van der Waals surface area contributed by atoms with Crippen LogP contribution in [-0.2, 0) is 29.3 Å². The normalized spacial score (nSPS) is 24.4. The first-order valence-electron chi connectivity index (χ1n) is 11.5. The molecule has 2 heterocycles. The number of fused-ring (bicyclic) bond motifs is 1. The summed E-state index contributed by atoms with van der Waals surface area (Å²) < 4.78 is 23.7. The van der Waals surface area contributed by atoms with E-state index in [1.165, 1.54) is 0 Å². The van der Waals surface area contributed by atoms with E-state index in [2.05, 4.69) is 0 Å². The molecule has 0 saturated carbocycles. The Balaban J connectivity index is 1.50. The van der Waals surface area contributed by atoms with Crippen molar-refractivity contribution in [2.24, 2.45) is 0 Å². The molecule has 0 unspecified atom stereocenters. The Morgan fingerprint density at radius 1 is 0.853 bits per heavy atom. The van der Waals surface area contributed by atoms with Gasteiger partial charge in [0.15, 0.2) is 18.0 Å². The van der Waals surface area contributed by atoms with Crippen molar-refractivity contribution in [3.05, 3.63) is 108 Å². The van der Waals surface area contributed by atoms with E-state index in [4.69, 9.17) is 18.9 Å². The lowest BCUT2D eigenvalue weighted by Gasteiger charge is -2.37. The minimum absolute atomic E-state index is 0.0936. The van der Waals surface area contributed by atoms with E-state index in [1.807, 2.05) is 91.0 Å². The van der Waals surface area contributed by atoms with Crippen molar-refractivity contribution in [1.29, 1.82) is 0 Å². The second kappa shape index (κ2) is 8.96. The number of carbonyl (C=O) groups is 1. The molecule has 0 amide bonds. The zero-order valence-corrected chi connectivity index (χ0v) is 19.2. The zero-order chi connectivity index (χ0) is 23.8. The first-order valence-corrected chi connectivity index (χ1v) is 11.5. The molecule has 5 rings (SSSR count). The van der Waals surface area contributed by atoms with Gasteiger partial charge in [0.25, 0.3) is 0 Å². The van der Waals surface area contributed by atoms with Crippen LogP contribution in [0.25, 0.3) is 0 Å². The number of carbonyl (C=O) groups excluding carboxylic acids is 1. The maximum Gasteiger partial charge on any atom is 0.338 e. The molecule has 6 nitrogen and oxygen atoms in total. The van der Waals surface area contributed by atoms with Crippen molar-refractivity contribution in [3.8, 4) is 0 Å². The third-order valence-electron chi connectivity index (χ3n) is 6.33. The molecule has 0 radical (unpaired) electrons. The Labute approximate surface area is 199 Å². The number of aliphatic hydroxyl groups is 1. The number of aliphatic hydroxyl groups excluding tert-OH is 1. The summed E-state index contributed by atoms with van der Waals surface area (Å²) in [7, 11) is 0. The Kier molecular flexibility index (Phi) is 6.00. The smallest absolute Gasteiger partial charge is 0.338 e. The lowest BCUT2D eigenvalue weighted by Crippen LogP contribution is -2.43. The molecular weight excluding hydrogens is 432 g/mol. The molecule has 0 aromatic heterocycles. The average Bonchev–Trinajstić information content (AvgIpc) is 3.34. The van der Waals surface area contributed by atoms with Crippen molar-refractivity contribution in [3.63, 3.8) is 0 Å². The summed E-state index contributed by atoms with van der Waals surface area (Å²) in [5, 5.41) is 11.2. The number of benzene rings is 3. The van der Waals surface area contributed by atoms with Gasteiger partial charge in [0.05, 0.1) is 6.61 Å². The predicted octanol–water partition coefficient (Wildman–Crippen LogP) is 3.80. The third-order valence-corrected chi connectivity index (χ3v) is 6.33. The highest BCUT2D eigenvalue weighted by Crippen LogP contribution is 2.42. The summed E-state index contributed by atoms with van der Waals surface area (Å²) in [4.78, 5) is 12.3. The van der Waals surface area contributed by atoms with Crippen molar-refractivity contribution in [2.75, 3.05) is 6.61 Å². The Bertz CT molecular complexity index is 1020. The van der Waals surface area contributed by atoms with Gasteiger partial charge in [-0.05, 0) is 30.5 Å². The van der Waals surface area contributed by atoms with E-state index in [-0.39, 0.29) is 6.61 Å². The van der Waals surface area contributed by atoms with E-state index in [0.29, 0.717) is 0 Å². The van der Waals surface area contributed by atoms with Crippen LogP contribution in [0.15, 0.2) is 91.0 Å². The summed E-state index contributed by atoms with van der Waals surface area (Å²) in [5.74, 6) is -1.45. The molecule has 176 valence electrons. The van der Waals surface area contributed by atoms with E-state index >= 15 is 0 Å². The lowest BCUT2D eigenvalue weighted by molar-refractivity contribution is -0.197. The lowest BCUT2D eigenvalue weighted by atomic mass is 9.80. The van der Waals surface area contributed by atoms with E-state index in [0.717, 1.165) is 16.7 Å². The Morgan fingerprint density at radius 2 is 1.32 bits per heavy atom. The molecule has 2 fully saturated rings. The molecule has 2 saturated heterocycles. The SMILES string of the molecule is CC1(C)O[C@@H]2[C@H]([C@H](O)COC(c3ccccc3)(c3ccccc3)c3ccccc3)OC(=O)[C@@H]2O1. The fourth-order valence-electron chi connectivity index (χ4n) is 4.85. The molecule has 2 aliphatic rings. The monoisotopic (exact) mass is 460 g/mol. The van der Waals surface area contributed by atoms with Gasteiger partial charge in [0.1, 0.15) is 17.8 Å². The van der Waals surface area contributed by atoms with Crippen LogP contribution in [-0.4, -0.2) is 47.9 Å². The standard InChI is InChI=1S/C28H28O6/c1-27(2)33-24-23(32-26(30)25(24)34-27)22(29)18-31-28(19-12-6-3-7-13-19,20-14-8-4-9-15-20)21-16-10-5-11-17-21/h3-17,22-25,29H,18H2,1-2H3/t22-,23+,24-,25-/m1/s1. The van der Waals surface area contributed by atoms with E-state index in [9.17, 15) is 9.90 Å². The highest BCUT2D eigenvalue weighted by atomic mass is 16.8. The average molecular weight is 461 g/mol. The Morgan fingerprint density at radius 3 is 1.79 bits per heavy atom. The first-order chi connectivity index (χ1) is 16.4. The van der Waals surface area contributed by atoms with Crippen molar-refractivity contribution in [2.45, 2.75) is 49.7 Å². The molecule has 3 aromatic rings. The van der Waals surface area contributed by atoms with Gasteiger partial charge in [-0.3, -0.25) is 0 Å². The summed E-state index contributed by atoms with van der Waals surface area (Å²) in [6.45, 7) is 3.39. The van der Waals surface area contributed by atoms with Crippen LogP contribution in [0, 0.1) is 0 Å². The summed E-state index contributed by atoms with van der Waals surface area (Å²) in [6, 6.07) is 29.7. The minimum atomic E-state index is -1.12. The largest absolute Gasteiger partial charge is 0.455 e. The van der Waals surface area contributed by atoms with Gasteiger partial charge in [-0.25, -0.2) is 4.79 Å². The van der Waals surface area contributed by atoms with Crippen LogP contribution in [0.1, 0.15) is 30.5 Å². The van der Waals surface area contributed by atoms with Crippen LogP contribution in [0.4, 0.5) is 0 Å². The minimum Gasteiger partial charge on any atom is -0.455 e. The van der Waals surface area contributed by atoms with Gasteiger partial charge in [0.2, 0.25) is 0 Å². The maximum absolute atomic E-state index is 12.3. The molecule has 3 aromatic carbocycles. The number of rotatable bonds is 7. The quantitative estimate of drug-likeness (QED) is 0.427. The van der Waals surface area contributed by atoms with Crippen LogP contribution in [0.5, 0.6) is 0 Å². The maximum atomic E-state index is 12.3. The summed E-state index contributed by atoms with van der Waals surface area (Å²) in [6.07, 6.45) is -3.55. The highest BCUT2D eigenvalue weighted by molar-refractivity contribution is 5.78. The molecule has 1 N–H and O–H groups in total. The number of hydrogen-bond acceptors (Lipinski definition) is 6. The highest BCUT2D eigenvalue weighted by Gasteiger charge is 2.58. The fourth-order valence-corrected chi connectivity index (χ4v) is 4.85. The topological polar surface area (TPSA) is 74.2 Å². The van der Waals surface area contributed by atoms with Crippen molar-refractivity contribution < 1.29 is 28.8 Å². The molecule has 34 heavy (non-hydrogen) atoms. The molecule has 2 aliphatic heterocycles. The second-order valence-electron chi connectivity index (χ2n) is 9.08. The van der Waals surface area contributed by atoms with Crippen LogP contribution in [0.3, 0.4) is 0 Å². The third kappa shape index (κ3) is 4.03. The predicted molar refractivity (Wildman–Crippen MR) is 125 cm³/mol. The number of esters is 1. The van der Waals surface area contributed by atoms with E-state index < -0.39 is 41.8 Å². The van der Waals surface area contributed by atoms with Gasteiger partial charge >= 0.3 is 5.97 Å². The van der Waals surface area contributed by atoms with Gasteiger partial charge in [-0.2, -0.15) is 0 Å². The molecule has 0 bridgehead atoms. The van der Waals surface area contributed by atoms with Crippen molar-refractivity contribution >= 4 is 5.97 Å². The number of cyclic esters (lactones) is 1. The van der Waals surface area contributed by atoms with Crippen LogP contribution in [0.2, 0.25) is 0 Å². The molecule has 6 heteroatoms. The summed E-state index contributed by atoms with van der Waals surface area (Å²) in [5.41, 5.74) is 1.77. The molecular formula is C28H28O6. The number of ether oxygens (including phenoxy) is 4. The van der Waals surface area contributed by atoms with E-state index in [1.54, 1.807) is 13.8 Å². The molecule has 0 spiro atoms. The fraction of sp³-hybridized carbons (Fsp3) is 0.321. The molecule has 0 aliphatic carbocycles. The van der Waals surface area contributed by atoms with Gasteiger partial charge in [0, 0.05) is 0 Å². The van der Waals surface area contributed by atoms with Gasteiger partial charge in [-0.1, -0.05) is 91.0 Å². The van der Waals surface area contributed by atoms with Gasteiger partial charge < -0.3 is 24.1 Å². The number of hydrogen-bond donors (Lipinski definition) is 1.